The van der Waals surface area contributed by atoms with Crippen LogP contribution in [0.5, 0.6) is 0 Å². The monoisotopic (exact) mass is 563 g/mol. The molecule has 5 rings (SSSR count). The number of nitrogens with two attached hydrogens (primary N) is 1. The number of amidine groups is 1. The lowest BCUT2D eigenvalue weighted by Crippen LogP contribution is -2.30. The van der Waals surface area contributed by atoms with Gasteiger partial charge in [-0.25, -0.2) is 18.1 Å². The van der Waals surface area contributed by atoms with Crippen LogP contribution in [0.2, 0.25) is 0 Å². The average Bonchev–Trinajstić information content (AvgIpc) is 3.38. The van der Waals surface area contributed by atoms with Crippen molar-refractivity contribution in [3.8, 4) is 0 Å². The summed E-state index contributed by atoms with van der Waals surface area (Å²) < 4.78 is 36.4. The molecule has 1 aliphatic rings. The lowest BCUT2D eigenvalue weighted by Gasteiger charge is -2.21. The fourth-order valence-electron chi connectivity index (χ4n) is 4.52. The van der Waals surface area contributed by atoms with Crippen molar-refractivity contribution in [3.63, 3.8) is 0 Å². The van der Waals surface area contributed by atoms with Crippen molar-refractivity contribution >= 4 is 49.0 Å². The molecular formula is C28H29N5O4S2. The molecule has 0 spiro atoms. The maximum Gasteiger partial charge on any atom is 0.241 e. The van der Waals surface area contributed by atoms with E-state index in [9.17, 15) is 13.2 Å². The van der Waals surface area contributed by atoms with Crippen molar-refractivity contribution in [2.45, 2.75) is 30.2 Å². The van der Waals surface area contributed by atoms with Gasteiger partial charge in [0.1, 0.15) is 10.8 Å². The number of carbonyl (C=O) groups is 1. The summed E-state index contributed by atoms with van der Waals surface area (Å²) in [6.45, 7) is 1.08. The number of hydrogen-bond acceptors (Lipinski definition) is 7. The SMILES string of the molecule is N=C(N)c1cccc(CC(NS(=O)(=O)c2cccc(NC(=O)C3CCOCC3)c2)c2nc3ccccc3s2)c1. The van der Waals surface area contributed by atoms with Gasteiger partial charge in [-0.1, -0.05) is 36.4 Å². The van der Waals surface area contributed by atoms with Gasteiger partial charge in [-0.3, -0.25) is 10.2 Å². The first kappa shape index (κ1) is 26.9. The third kappa shape index (κ3) is 6.51. The molecule has 1 aromatic heterocycles. The van der Waals surface area contributed by atoms with Crippen LogP contribution in [0.4, 0.5) is 5.69 Å². The van der Waals surface area contributed by atoms with E-state index in [2.05, 4.69) is 10.0 Å². The Kier molecular flexibility index (Phi) is 8.03. The van der Waals surface area contributed by atoms with Crippen LogP contribution in [0.25, 0.3) is 10.2 Å². The molecule has 1 unspecified atom stereocenters. The molecule has 1 amide bonds. The summed E-state index contributed by atoms with van der Waals surface area (Å²) >= 11 is 1.43. The number of fused-ring (bicyclic) bond motifs is 1. The largest absolute Gasteiger partial charge is 0.384 e. The lowest BCUT2D eigenvalue weighted by molar-refractivity contribution is -0.122. The second-order valence-corrected chi connectivity index (χ2v) is 12.2. The van der Waals surface area contributed by atoms with E-state index in [1.807, 2.05) is 30.3 Å². The van der Waals surface area contributed by atoms with Crippen LogP contribution in [-0.4, -0.2) is 38.4 Å². The van der Waals surface area contributed by atoms with Crippen molar-refractivity contribution in [3.05, 3.63) is 88.9 Å². The zero-order valence-corrected chi connectivity index (χ0v) is 22.7. The van der Waals surface area contributed by atoms with Crippen molar-refractivity contribution in [2.24, 2.45) is 11.7 Å². The number of nitrogens with zero attached hydrogens (tertiary/aromatic N) is 1. The Morgan fingerprint density at radius 2 is 1.85 bits per heavy atom. The summed E-state index contributed by atoms with van der Waals surface area (Å²) in [6, 6.07) is 20.4. The molecule has 1 atom stereocenters. The Balaban J connectivity index is 1.42. The number of carbonyl (C=O) groups excluding carboxylic acids is 1. The van der Waals surface area contributed by atoms with Gasteiger partial charge in [-0.05, 0) is 61.2 Å². The van der Waals surface area contributed by atoms with E-state index in [1.165, 1.54) is 23.5 Å². The average molecular weight is 564 g/mol. The summed E-state index contributed by atoms with van der Waals surface area (Å²) in [6.07, 6.45) is 1.58. The number of nitrogen functional groups attached to an aromatic ring is 1. The minimum atomic E-state index is -4.00. The van der Waals surface area contributed by atoms with Crippen LogP contribution < -0.4 is 15.8 Å². The van der Waals surface area contributed by atoms with E-state index in [4.69, 9.17) is 20.9 Å². The zero-order chi connectivity index (χ0) is 27.4. The number of aromatic nitrogens is 1. The number of hydrogen-bond donors (Lipinski definition) is 4. The zero-order valence-electron chi connectivity index (χ0n) is 21.1. The number of benzene rings is 3. The molecule has 1 saturated heterocycles. The first-order valence-electron chi connectivity index (χ1n) is 12.6. The maximum atomic E-state index is 13.6. The van der Waals surface area contributed by atoms with Crippen LogP contribution >= 0.6 is 11.3 Å². The second-order valence-electron chi connectivity index (χ2n) is 9.42. The highest BCUT2D eigenvalue weighted by molar-refractivity contribution is 7.89. The van der Waals surface area contributed by atoms with E-state index in [0.29, 0.717) is 48.7 Å². The molecule has 4 aromatic rings. The predicted octanol–water partition coefficient (Wildman–Crippen LogP) is 4.21. The van der Waals surface area contributed by atoms with E-state index in [1.54, 1.807) is 30.3 Å². The first-order chi connectivity index (χ1) is 18.8. The standard InChI is InChI=1S/C28H29N5O4S2/c29-26(30)20-6-3-5-18(15-20)16-24(28-32-23-9-1-2-10-25(23)38-28)33-39(35,36)22-8-4-7-21(17-22)31-27(34)19-11-13-37-14-12-19/h1-10,15,17,19,24,33H,11-14,16H2,(H3,29,30)(H,31,34). The van der Waals surface area contributed by atoms with Crippen LogP contribution in [0.1, 0.15) is 35.0 Å². The van der Waals surface area contributed by atoms with Crippen molar-refractivity contribution < 1.29 is 17.9 Å². The highest BCUT2D eigenvalue weighted by Crippen LogP contribution is 2.30. The molecule has 202 valence electrons. The molecule has 39 heavy (non-hydrogen) atoms. The molecule has 11 heteroatoms. The summed E-state index contributed by atoms with van der Waals surface area (Å²) in [7, 11) is -4.00. The Hall–Kier alpha value is -3.64. The smallest absolute Gasteiger partial charge is 0.241 e. The van der Waals surface area contributed by atoms with Crippen molar-refractivity contribution in [2.75, 3.05) is 18.5 Å². The fourth-order valence-corrected chi connectivity index (χ4v) is 6.86. The normalized spacial score (nSPS) is 15.2. The van der Waals surface area contributed by atoms with E-state index in [-0.39, 0.29) is 22.6 Å². The minimum Gasteiger partial charge on any atom is -0.384 e. The van der Waals surface area contributed by atoms with Gasteiger partial charge in [0.15, 0.2) is 0 Å². The van der Waals surface area contributed by atoms with Crippen LogP contribution in [-0.2, 0) is 26.0 Å². The maximum absolute atomic E-state index is 13.6. The third-order valence-electron chi connectivity index (χ3n) is 6.59. The Morgan fingerprint density at radius 3 is 2.62 bits per heavy atom. The predicted molar refractivity (Wildman–Crippen MR) is 152 cm³/mol. The molecule has 3 aromatic carbocycles. The molecule has 0 aliphatic carbocycles. The molecule has 0 saturated carbocycles. The van der Waals surface area contributed by atoms with Gasteiger partial charge in [-0.15, -0.1) is 11.3 Å². The molecule has 5 N–H and O–H groups in total. The van der Waals surface area contributed by atoms with Gasteiger partial charge < -0.3 is 15.8 Å². The summed E-state index contributed by atoms with van der Waals surface area (Å²) in [5, 5.41) is 11.2. The number of sulfonamides is 1. The highest BCUT2D eigenvalue weighted by atomic mass is 32.2. The summed E-state index contributed by atoms with van der Waals surface area (Å²) in [4.78, 5) is 17.4. The molecule has 0 radical (unpaired) electrons. The van der Waals surface area contributed by atoms with Gasteiger partial charge in [0.25, 0.3) is 0 Å². The van der Waals surface area contributed by atoms with E-state index < -0.39 is 16.1 Å². The number of nitrogens with one attached hydrogen (secondary N) is 3. The quantitative estimate of drug-likeness (QED) is 0.177. The summed E-state index contributed by atoms with van der Waals surface area (Å²) in [5.41, 5.74) is 8.25. The topological polar surface area (TPSA) is 147 Å². The van der Waals surface area contributed by atoms with E-state index >= 15 is 0 Å². The van der Waals surface area contributed by atoms with Gasteiger partial charge >= 0.3 is 0 Å². The summed E-state index contributed by atoms with van der Waals surface area (Å²) in [5.74, 6) is -0.363. The molecule has 0 bridgehead atoms. The van der Waals surface area contributed by atoms with Gasteiger partial charge in [0.05, 0.1) is 21.2 Å². The third-order valence-corrected chi connectivity index (χ3v) is 9.21. The number of amides is 1. The number of para-hydroxylation sites is 1. The van der Waals surface area contributed by atoms with E-state index in [0.717, 1.165) is 15.8 Å². The van der Waals surface area contributed by atoms with Gasteiger partial charge in [0, 0.05) is 30.4 Å². The second kappa shape index (κ2) is 11.6. The van der Waals surface area contributed by atoms with Crippen LogP contribution in [0.15, 0.2) is 77.7 Å². The fraction of sp³-hybridized carbons (Fsp3) is 0.250. The molecule has 9 nitrogen and oxygen atoms in total. The molecular weight excluding hydrogens is 534 g/mol. The Morgan fingerprint density at radius 1 is 1.08 bits per heavy atom. The van der Waals surface area contributed by atoms with Crippen LogP contribution in [0, 0.1) is 11.3 Å². The highest BCUT2D eigenvalue weighted by Gasteiger charge is 2.26. The van der Waals surface area contributed by atoms with Crippen LogP contribution in [0.3, 0.4) is 0 Å². The Labute approximate surface area is 231 Å². The number of rotatable bonds is 9. The van der Waals surface area contributed by atoms with Crippen molar-refractivity contribution in [1.29, 1.82) is 5.41 Å². The number of ether oxygens (including phenoxy) is 1. The Bertz CT molecular complexity index is 1580. The molecule has 1 aliphatic heterocycles. The van der Waals surface area contributed by atoms with Crippen molar-refractivity contribution in [1.82, 2.24) is 9.71 Å². The molecule has 1 fully saturated rings. The van der Waals surface area contributed by atoms with Gasteiger partial charge in [0.2, 0.25) is 15.9 Å². The lowest BCUT2D eigenvalue weighted by atomic mass is 9.99. The number of anilines is 1. The molecule has 2 heterocycles. The van der Waals surface area contributed by atoms with Gasteiger partial charge in [-0.2, -0.15) is 0 Å². The number of thiazole rings is 1. The first-order valence-corrected chi connectivity index (χ1v) is 14.9. The minimum absolute atomic E-state index is 0.0378.